The largest absolute Gasteiger partial charge is 0.344 e. The predicted molar refractivity (Wildman–Crippen MR) is 82.3 cm³/mol. The molecule has 0 saturated carbocycles. The molecule has 21 heavy (non-hydrogen) atoms. The molecule has 2 aliphatic rings. The van der Waals surface area contributed by atoms with E-state index in [2.05, 4.69) is 30.4 Å². The molecule has 3 rings (SSSR count). The third-order valence-corrected chi connectivity index (χ3v) is 4.47. The summed E-state index contributed by atoms with van der Waals surface area (Å²) < 4.78 is 0. The van der Waals surface area contributed by atoms with E-state index >= 15 is 0 Å². The summed E-state index contributed by atoms with van der Waals surface area (Å²) in [5, 5.41) is 2.84. The number of nitrogens with zero attached hydrogens (tertiary/aromatic N) is 1. The predicted octanol–water partition coefficient (Wildman–Crippen LogP) is 2.20. The lowest BCUT2D eigenvalue weighted by molar-refractivity contribution is -0.129. The van der Waals surface area contributed by atoms with Gasteiger partial charge >= 0.3 is 0 Å². The van der Waals surface area contributed by atoms with Gasteiger partial charge in [0.25, 0.3) is 0 Å². The Morgan fingerprint density at radius 1 is 1.33 bits per heavy atom. The molecule has 0 bridgehead atoms. The molecule has 1 aromatic rings. The molecule has 1 saturated heterocycles. The number of piperidine rings is 1. The van der Waals surface area contributed by atoms with Crippen LogP contribution in [0.5, 0.6) is 0 Å². The second kappa shape index (κ2) is 5.88. The van der Waals surface area contributed by atoms with Crippen molar-refractivity contribution in [1.29, 1.82) is 0 Å². The number of fused-ring (bicyclic) bond motifs is 1. The highest BCUT2D eigenvalue weighted by atomic mass is 16.2. The van der Waals surface area contributed by atoms with E-state index in [1.807, 2.05) is 4.90 Å². The molecule has 1 fully saturated rings. The first-order valence-electron chi connectivity index (χ1n) is 7.91. The molecular weight excluding hydrogens is 264 g/mol. The number of nitrogens with one attached hydrogen (secondary N) is 1. The number of hydrogen-bond donors (Lipinski definition) is 1. The molecule has 2 amide bonds. The molecule has 1 aromatic carbocycles. The average Bonchev–Trinajstić information content (AvgIpc) is 2.53. The van der Waals surface area contributed by atoms with Crippen molar-refractivity contribution in [2.75, 3.05) is 11.4 Å². The molecule has 0 unspecified atom stereocenters. The highest BCUT2D eigenvalue weighted by Gasteiger charge is 2.31. The Hall–Kier alpha value is -1.84. The molecule has 0 aromatic heterocycles. The van der Waals surface area contributed by atoms with E-state index in [0.717, 1.165) is 44.3 Å². The minimum Gasteiger partial charge on any atom is -0.344 e. The number of anilines is 1. The Bertz CT molecular complexity index is 568. The third-order valence-electron chi connectivity index (χ3n) is 4.47. The quantitative estimate of drug-likeness (QED) is 0.906. The third kappa shape index (κ3) is 2.80. The molecule has 4 nitrogen and oxygen atoms in total. The average molecular weight is 286 g/mol. The van der Waals surface area contributed by atoms with Gasteiger partial charge in [0.05, 0.1) is 0 Å². The maximum Gasteiger partial charge on any atom is 0.249 e. The smallest absolute Gasteiger partial charge is 0.249 e. The summed E-state index contributed by atoms with van der Waals surface area (Å²) in [4.78, 5) is 26.1. The highest BCUT2D eigenvalue weighted by Crippen LogP contribution is 2.29. The summed E-state index contributed by atoms with van der Waals surface area (Å²) in [6.45, 7) is 2.90. The summed E-state index contributed by atoms with van der Waals surface area (Å²) in [7, 11) is 0. The van der Waals surface area contributed by atoms with Crippen LogP contribution in [0.1, 0.15) is 43.7 Å². The van der Waals surface area contributed by atoms with E-state index in [-0.39, 0.29) is 17.9 Å². The summed E-state index contributed by atoms with van der Waals surface area (Å²) in [6, 6.07) is 6.04. The highest BCUT2D eigenvalue weighted by molar-refractivity contribution is 6.00. The topological polar surface area (TPSA) is 49.4 Å². The molecular formula is C17H22N2O2. The van der Waals surface area contributed by atoms with Crippen LogP contribution < -0.4 is 10.2 Å². The van der Waals surface area contributed by atoms with E-state index < -0.39 is 0 Å². The summed E-state index contributed by atoms with van der Waals surface area (Å²) in [5.41, 5.74) is 3.60. The van der Waals surface area contributed by atoms with E-state index in [9.17, 15) is 9.59 Å². The van der Waals surface area contributed by atoms with Crippen molar-refractivity contribution in [3.05, 3.63) is 29.3 Å². The standard InChI is InChI=1S/C17H22N2O2/c1-2-12-8-9-15-13(11-12)5-4-10-19(15)17(21)14-6-3-7-16(20)18-14/h8-9,11,14H,2-7,10H2,1H3,(H,18,20)/t14-/m1/s1. The maximum atomic E-state index is 12.7. The lowest BCUT2D eigenvalue weighted by Crippen LogP contribution is -2.51. The molecule has 112 valence electrons. The van der Waals surface area contributed by atoms with Crippen LogP contribution in [0.25, 0.3) is 0 Å². The van der Waals surface area contributed by atoms with E-state index in [0.29, 0.717) is 6.42 Å². The zero-order valence-corrected chi connectivity index (χ0v) is 12.5. The van der Waals surface area contributed by atoms with Gasteiger partial charge in [-0.1, -0.05) is 19.1 Å². The van der Waals surface area contributed by atoms with Crippen LogP contribution in [-0.4, -0.2) is 24.4 Å². The Kier molecular flexibility index (Phi) is 3.95. The lowest BCUT2D eigenvalue weighted by atomic mass is 9.96. The number of aryl methyl sites for hydroxylation is 2. The summed E-state index contributed by atoms with van der Waals surface area (Å²) in [6.07, 6.45) is 5.14. The van der Waals surface area contributed by atoms with E-state index in [1.54, 1.807) is 0 Å². The number of rotatable bonds is 2. The van der Waals surface area contributed by atoms with Crippen LogP contribution in [-0.2, 0) is 22.4 Å². The molecule has 4 heteroatoms. The minimum absolute atomic E-state index is 0.00170. The van der Waals surface area contributed by atoms with Crippen molar-refractivity contribution in [2.24, 2.45) is 0 Å². The molecule has 1 N–H and O–H groups in total. The normalized spacial score (nSPS) is 21.7. The van der Waals surface area contributed by atoms with E-state index in [1.165, 1.54) is 11.1 Å². The summed E-state index contributed by atoms with van der Waals surface area (Å²) in [5.74, 6) is 0.0476. The Labute approximate surface area is 125 Å². The van der Waals surface area contributed by atoms with Crippen LogP contribution in [0, 0.1) is 0 Å². The van der Waals surface area contributed by atoms with Crippen LogP contribution in [0.4, 0.5) is 5.69 Å². The first-order chi connectivity index (χ1) is 10.2. The fourth-order valence-corrected chi connectivity index (χ4v) is 3.28. The van der Waals surface area contributed by atoms with Gasteiger partial charge in [-0.3, -0.25) is 9.59 Å². The molecule has 1 atom stereocenters. The van der Waals surface area contributed by atoms with Crippen LogP contribution in [0.2, 0.25) is 0 Å². The monoisotopic (exact) mass is 286 g/mol. The van der Waals surface area contributed by atoms with Gasteiger partial charge in [-0.15, -0.1) is 0 Å². The van der Waals surface area contributed by atoms with Crippen molar-refractivity contribution in [3.8, 4) is 0 Å². The number of benzene rings is 1. The number of carbonyl (C=O) groups is 2. The van der Waals surface area contributed by atoms with Gasteiger partial charge in [0.2, 0.25) is 11.8 Å². The lowest BCUT2D eigenvalue weighted by Gasteiger charge is -2.34. The van der Waals surface area contributed by atoms with Crippen molar-refractivity contribution in [3.63, 3.8) is 0 Å². The number of carbonyl (C=O) groups excluding carboxylic acids is 2. The molecule has 0 radical (unpaired) electrons. The molecule has 0 spiro atoms. The van der Waals surface area contributed by atoms with Gasteiger partial charge in [-0.25, -0.2) is 0 Å². The van der Waals surface area contributed by atoms with Crippen molar-refractivity contribution in [1.82, 2.24) is 5.32 Å². The first kappa shape index (κ1) is 14.1. The minimum atomic E-state index is -0.344. The van der Waals surface area contributed by atoms with Crippen LogP contribution in [0.3, 0.4) is 0 Å². The molecule has 0 aliphatic carbocycles. The van der Waals surface area contributed by atoms with Gasteiger partial charge in [0.15, 0.2) is 0 Å². The van der Waals surface area contributed by atoms with Crippen molar-refractivity contribution >= 4 is 17.5 Å². The SMILES string of the molecule is CCc1ccc2c(c1)CCCN2C(=O)[C@H]1CCCC(=O)N1. The number of hydrogen-bond acceptors (Lipinski definition) is 2. The Morgan fingerprint density at radius 2 is 2.19 bits per heavy atom. The fraction of sp³-hybridized carbons (Fsp3) is 0.529. The molecule has 2 aliphatic heterocycles. The second-order valence-corrected chi connectivity index (χ2v) is 5.92. The van der Waals surface area contributed by atoms with Crippen LogP contribution >= 0.6 is 0 Å². The first-order valence-corrected chi connectivity index (χ1v) is 7.91. The van der Waals surface area contributed by atoms with Crippen molar-refractivity contribution < 1.29 is 9.59 Å². The number of amides is 2. The zero-order valence-electron chi connectivity index (χ0n) is 12.5. The Morgan fingerprint density at radius 3 is 2.95 bits per heavy atom. The zero-order chi connectivity index (χ0) is 14.8. The van der Waals surface area contributed by atoms with Gasteiger partial charge in [-0.05, 0) is 49.3 Å². The van der Waals surface area contributed by atoms with Gasteiger partial charge < -0.3 is 10.2 Å². The second-order valence-electron chi connectivity index (χ2n) is 5.92. The maximum absolute atomic E-state index is 12.7. The molecule has 2 heterocycles. The van der Waals surface area contributed by atoms with E-state index in [4.69, 9.17) is 0 Å². The Balaban J connectivity index is 1.84. The fourth-order valence-electron chi connectivity index (χ4n) is 3.28. The van der Waals surface area contributed by atoms with Gasteiger partial charge in [0, 0.05) is 18.7 Å². The van der Waals surface area contributed by atoms with Crippen LogP contribution in [0.15, 0.2) is 18.2 Å². The van der Waals surface area contributed by atoms with Gasteiger partial charge in [-0.2, -0.15) is 0 Å². The summed E-state index contributed by atoms with van der Waals surface area (Å²) >= 11 is 0. The van der Waals surface area contributed by atoms with Gasteiger partial charge in [0.1, 0.15) is 6.04 Å². The van der Waals surface area contributed by atoms with Crippen molar-refractivity contribution in [2.45, 2.75) is 51.5 Å².